The molecule has 164 valence electrons. The molecule has 0 radical (unpaired) electrons. The van der Waals surface area contributed by atoms with Gasteiger partial charge in [-0.1, -0.05) is 0 Å². The molecule has 0 bridgehead atoms. The van der Waals surface area contributed by atoms with Crippen LogP contribution in [0.4, 0.5) is 8.78 Å². The summed E-state index contributed by atoms with van der Waals surface area (Å²) in [4.78, 5) is 24.2. The van der Waals surface area contributed by atoms with E-state index < -0.39 is 17.9 Å². The van der Waals surface area contributed by atoms with Gasteiger partial charge in [0.15, 0.2) is 5.43 Å². The topological polar surface area (TPSA) is 86.4 Å². The van der Waals surface area contributed by atoms with Crippen LogP contribution in [-0.2, 0) is 12.8 Å². The van der Waals surface area contributed by atoms with Crippen LogP contribution in [0.25, 0.3) is 22.4 Å². The van der Waals surface area contributed by atoms with Gasteiger partial charge in [-0.2, -0.15) is 13.9 Å². The van der Waals surface area contributed by atoms with Crippen LogP contribution in [0.5, 0.6) is 5.75 Å². The van der Waals surface area contributed by atoms with E-state index in [2.05, 4.69) is 5.10 Å². The molecule has 1 fully saturated rings. The zero-order chi connectivity index (χ0) is 22.1. The van der Waals surface area contributed by atoms with Crippen molar-refractivity contribution in [2.75, 3.05) is 6.61 Å². The van der Waals surface area contributed by atoms with E-state index in [-0.39, 0.29) is 11.6 Å². The van der Waals surface area contributed by atoms with Crippen molar-refractivity contribution in [3.8, 4) is 28.1 Å². The number of carboxylic acids is 1. The fourth-order valence-corrected chi connectivity index (χ4v) is 5.10. The summed E-state index contributed by atoms with van der Waals surface area (Å²) >= 11 is 0. The van der Waals surface area contributed by atoms with Crippen molar-refractivity contribution < 1.29 is 23.4 Å². The first-order chi connectivity index (χ1) is 15.4. The number of ether oxygens (including phenoxy) is 1. The van der Waals surface area contributed by atoms with E-state index in [4.69, 9.17) is 4.74 Å². The van der Waals surface area contributed by atoms with E-state index in [0.29, 0.717) is 47.1 Å². The summed E-state index contributed by atoms with van der Waals surface area (Å²) in [6.45, 7) is -2.28. The Hall–Kier alpha value is -3.49. The minimum atomic E-state index is -2.73. The number of benzene rings is 1. The second-order valence-electron chi connectivity index (χ2n) is 8.61. The zero-order valence-electron chi connectivity index (χ0n) is 16.9. The van der Waals surface area contributed by atoms with E-state index in [0.717, 1.165) is 35.1 Å². The van der Waals surface area contributed by atoms with Crippen LogP contribution in [0.1, 0.15) is 46.9 Å². The predicted octanol–water partition coefficient (Wildman–Crippen LogP) is 3.91. The molecule has 7 nitrogen and oxygen atoms in total. The number of rotatable bonds is 4. The summed E-state index contributed by atoms with van der Waals surface area (Å²) in [7, 11) is 0. The monoisotopic (exact) mass is 439 g/mol. The van der Waals surface area contributed by atoms with E-state index in [9.17, 15) is 23.5 Å². The van der Waals surface area contributed by atoms with E-state index >= 15 is 0 Å². The van der Waals surface area contributed by atoms with Crippen molar-refractivity contribution >= 4 is 5.97 Å². The molecule has 1 N–H and O–H groups in total. The highest BCUT2D eigenvalue weighted by Crippen LogP contribution is 2.51. The molecule has 3 aliphatic rings. The first-order valence-corrected chi connectivity index (χ1v) is 10.6. The summed E-state index contributed by atoms with van der Waals surface area (Å²) in [5.74, 6) is -0.199. The Bertz CT molecular complexity index is 1340. The van der Waals surface area contributed by atoms with Crippen molar-refractivity contribution in [3.63, 3.8) is 0 Å². The molecule has 1 saturated carbocycles. The normalized spacial score (nSPS) is 18.8. The lowest BCUT2D eigenvalue weighted by Crippen LogP contribution is -2.27. The Kier molecular flexibility index (Phi) is 4.05. The van der Waals surface area contributed by atoms with E-state index in [1.807, 2.05) is 10.6 Å². The highest BCUT2D eigenvalue weighted by atomic mass is 19.3. The molecule has 2 aromatic heterocycles. The van der Waals surface area contributed by atoms with Gasteiger partial charge in [-0.3, -0.25) is 4.79 Å². The molecule has 1 atom stereocenters. The summed E-state index contributed by atoms with van der Waals surface area (Å²) in [6, 6.07) is 3.43. The minimum Gasteiger partial charge on any atom is -0.492 e. The predicted molar refractivity (Wildman–Crippen MR) is 110 cm³/mol. The van der Waals surface area contributed by atoms with Gasteiger partial charge in [-0.05, 0) is 36.8 Å². The number of pyridine rings is 1. The Morgan fingerprint density at radius 3 is 2.75 bits per heavy atom. The lowest BCUT2D eigenvalue weighted by Gasteiger charge is -2.32. The van der Waals surface area contributed by atoms with Gasteiger partial charge < -0.3 is 14.4 Å². The van der Waals surface area contributed by atoms with Crippen molar-refractivity contribution in [2.24, 2.45) is 5.92 Å². The number of carbonyl (C=O) groups is 1. The molecule has 1 unspecified atom stereocenters. The molecule has 9 heteroatoms. The number of aromatic carboxylic acids is 1. The maximum absolute atomic E-state index is 13.1. The van der Waals surface area contributed by atoms with Crippen LogP contribution in [0.15, 0.2) is 35.5 Å². The third kappa shape index (κ3) is 2.80. The van der Waals surface area contributed by atoms with Gasteiger partial charge in [0, 0.05) is 53.2 Å². The van der Waals surface area contributed by atoms with Gasteiger partial charge in [0.05, 0.1) is 18.5 Å². The zero-order valence-corrected chi connectivity index (χ0v) is 16.9. The van der Waals surface area contributed by atoms with Gasteiger partial charge in [-0.15, -0.1) is 0 Å². The van der Waals surface area contributed by atoms with Crippen LogP contribution < -0.4 is 10.2 Å². The molecular formula is C23H19F2N3O4. The third-order valence-electron chi connectivity index (χ3n) is 6.69. The van der Waals surface area contributed by atoms with Gasteiger partial charge >= 0.3 is 12.5 Å². The first kappa shape index (κ1) is 19.2. The summed E-state index contributed by atoms with van der Waals surface area (Å²) < 4.78 is 34.6. The third-order valence-corrected chi connectivity index (χ3v) is 6.69. The molecule has 2 aliphatic heterocycles. The molecular weight excluding hydrogens is 420 g/mol. The molecule has 1 aromatic carbocycles. The quantitative estimate of drug-likeness (QED) is 0.666. The standard InChI is InChI=1S/C23H19F2N3O4/c24-23(25)28-9-13(8-26-28)15-5-12-6-17(11-1-2-11)27-10-16(22(30)31)19(29)7-18(27)20(12)14-3-4-32-21(14)15/h5,7-11,17,23H,1-4,6H2,(H,30,31). The van der Waals surface area contributed by atoms with Crippen molar-refractivity contribution in [3.05, 3.63) is 57.6 Å². The van der Waals surface area contributed by atoms with Crippen LogP contribution >= 0.6 is 0 Å². The average molecular weight is 439 g/mol. The largest absolute Gasteiger partial charge is 0.492 e. The van der Waals surface area contributed by atoms with Crippen molar-refractivity contribution in [1.82, 2.24) is 14.3 Å². The number of carboxylic acid groups (broad SMARTS) is 1. The Morgan fingerprint density at radius 2 is 2.06 bits per heavy atom. The van der Waals surface area contributed by atoms with Gasteiger partial charge in [0.1, 0.15) is 11.3 Å². The SMILES string of the molecule is O=C(O)c1cn2c(cc1=O)-c1c(cc(-c3cnn(C(F)F)c3)c3c1CCO3)CC2C1CC1. The summed E-state index contributed by atoms with van der Waals surface area (Å²) in [5, 5.41) is 13.2. The van der Waals surface area contributed by atoms with Gasteiger partial charge in [0.2, 0.25) is 0 Å². The fraction of sp³-hybridized carbons (Fsp3) is 0.348. The minimum absolute atomic E-state index is 0.0493. The Morgan fingerprint density at radius 1 is 1.25 bits per heavy atom. The highest BCUT2D eigenvalue weighted by Gasteiger charge is 2.39. The molecule has 0 saturated heterocycles. The maximum Gasteiger partial charge on any atom is 0.341 e. The Labute approximate surface area is 180 Å². The summed E-state index contributed by atoms with van der Waals surface area (Å²) in [6.07, 6.45) is 7.61. The van der Waals surface area contributed by atoms with Crippen LogP contribution in [-0.4, -0.2) is 32.0 Å². The number of halogens is 2. The lowest BCUT2D eigenvalue weighted by molar-refractivity contribution is 0.0566. The molecule has 32 heavy (non-hydrogen) atoms. The molecule has 1 aliphatic carbocycles. The number of alkyl halides is 2. The van der Waals surface area contributed by atoms with Gasteiger partial charge in [-0.25, -0.2) is 9.48 Å². The second kappa shape index (κ2) is 6.75. The van der Waals surface area contributed by atoms with Gasteiger partial charge in [0.25, 0.3) is 0 Å². The fourth-order valence-electron chi connectivity index (χ4n) is 5.10. The molecule has 3 aromatic rings. The molecule has 0 amide bonds. The maximum atomic E-state index is 13.1. The number of hydrogen-bond acceptors (Lipinski definition) is 4. The number of fused-ring (bicyclic) bond motifs is 5. The highest BCUT2D eigenvalue weighted by molar-refractivity contribution is 5.88. The van der Waals surface area contributed by atoms with Crippen LogP contribution in [0.2, 0.25) is 0 Å². The van der Waals surface area contributed by atoms with Crippen molar-refractivity contribution in [1.29, 1.82) is 0 Å². The van der Waals surface area contributed by atoms with E-state index in [1.54, 1.807) is 0 Å². The van der Waals surface area contributed by atoms with Crippen molar-refractivity contribution in [2.45, 2.75) is 38.3 Å². The second-order valence-corrected chi connectivity index (χ2v) is 8.61. The van der Waals surface area contributed by atoms with E-state index in [1.165, 1.54) is 24.7 Å². The number of hydrogen-bond donors (Lipinski definition) is 1. The van der Waals surface area contributed by atoms with Crippen LogP contribution in [0.3, 0.4) is 0 Å². The molecule has 0 spiro atoms. The Balaban J connectivity index is 1.59. The lowest BCUT2D eigenvalue weighted by atomic mass is 9.84. The average Bonchev–Trinajstić information content (AvgIpc) is 3.27. The molecule has 6 rings (SSSR count). The summed E-state index contributed by atoms with van der Waals surface area (Å²) in [5.41, 5.74) is 4.06. The first-order valence-electron chi connectivity index (χ1n) is 10.6. The molecule has 4 heterocycles. The number of aromatic nitrogens is 3. The number of nitrogens with zero attached hydrogens (tertiary/aromatic N) is 3. The van der Waals surface area contributed by atoms with Crippen LogP contribution in [0, 0.1) is 5.92 Å². The smallest absolute Gasteiger partial charge is 0.341 e.